The highest BCUT2D eigenvalue weighted by Crippen LogP contribution is 2.25. The van der Waals surface area contributed by atoms with Gasteiger partial charge in [0, 0.05) is 11.4 Å². The number of rotatable bonds is 7. The highest BCUT2D eigenvalue weighted by Gasteiger charge is 2.19. The van der Waals surface area contributed by atoms with Crippen LogP contribution in [0.3, 0.4) is 0 Å². The van der Waals surface area contributed by atoms with Crippen LogP contribution in [-0.2, 0) is 22.5 Å². The Hall–Kier alpha value is -2.60. The summed E-state index contributed by atoms with van der Waals surface area (Å²) in [5.41, 5.74) is 1.66. The molecule has 1 amide bonds. The van der Waals surface area contributed by atoms with E-state index >= 15 is 0 Å². The van der Waals surface area contributed by atoms with Crippen molar-refractivity contribution < 1.29 is 14.3 Å². The van der Waals surface area contributed by atoms with E-state index in [1.165, 1.54) is 24.0 Å². The van der Waals surface area contributed by atoms with Crippen molar-refractivity contribution in [2.45, 2.75) is 32.4 Å². The van der Waals surface area contributed by atoms with Crippen LogP contribution in [0.2, 0.25) is 0 Å². The van der Waals surface area contributed by atoms with Gasteiger partial charge in [-0.3, -0.25) is 4.79 Å². The minimum atomic E-state index is -0.432. The molecule has 5 nitrogen and oxygen atoms in total. The molecule has 0 aliphatic heterocycles. The molecule has 0 fully saturated rings. The molecule has 1 aromatic carbocycles. The molecule has 0 spiro atoms. The van der Waals surface area contributed by atoms with Crippen LogP contribution in [0.1, 0.15) is 29.4 Å². The number of carbonyl (C=O) groups is 2. The van der Waals surface area contributed by atoms with Gasteiger partial charge in [0.25, 0.3) is 0 Å². The molecule has 2 aromatic heterocycles. The van der Waals surface area contributed by atoms with E-state index in [0.29, 0.717) is 5.69 Å². The smallest absolute Gasteiger partial charge is 0.354 e. The lowest BCUT2D eigenvalue weighted by Gasteiger charge is -2.15. The van der Waals surface area contributed by atoms with Crippen LogP contribution in [0.5, 0.6) is 0 Å². The first-order chi connectivity index (χ1) is 12.6. The summed E-state index contributed by atoms with van der Waals surface area (Å²) in [6.45, 7) is 2.10. The van der Waals surface area contributed by atoms with E-state index in [9.17, 15) is 9.59 Å². The van der Waals surface area contributed by atoms with Crippen LogP contribution in [0.15, 0.2) is 47.8 Å². The normalized spacial score (nSPS) is 12.1. The first-order valence-corrected chi connectivity index (χ1v) is 9.44. The Morgan fingerprint density at radius 2 is 2.00 bits per heavy atom. The molecule has 3 rings (SSSR count). The number of hydrogen-bond donors (Lipinski definition) is 1. The van der Waals surface area contributed by atoms with E-state index in [4.69, 9.17) is 4.74 Å². The number of carbonyl (C=O) groups excluding carboxylic acids is 2. The maximum atomic E-state index is 12.5. The zero-order chi connectivity index (χ0) is 18.5. The van der Waals surface area contributed by atoms with Crippen molar-refractivity contribution in [2.75, 3.05) is 7.11 Å². The number of hydrogen-bond acceptors (Lipinski definition) is 4. The van der Waals surface area contributed by atoms with Crippen molar-refractivity contribution in [1.29, 1.82) is 0 Å². The largest absolute Gasteiger partial charge is 0.464 e. The van der Waals surface area contributed by atoms with E-state index in [0.717, 1.165) is 23.1 Å². The summed E-state index contributed by atoms with van der Waals surface area (Å²) in [4.78, 5) is 25.4. The Balaban J connectivity index is 1.63. The maximum Gasteiger partial charge on any atom is 0.354 e. The third-order valence-corrected chi connectivity index (χ3v) is 5.27. The number of benzene rings is 1. The fraction of sp³-hybridized carbons (Fsp3) is 0.300. The molecule has 0 unspecified atom stereocenters. The number of methoxy groups -OCH3 is 1. The zero-order valence-corrected chi connectivity index (χ0v) is 15.7. The van der Waals surface area contributed by atoms with Crippen molar-refractivity contribution in [2.24, 2.45) is 0 Å². The van der Waals surface area contributed by atoms with Crippen LogP contribution in [0, 0.1) is 0 Å². The number of aromatic nitrogens is 1. The van der Waals surface area contributed by atoms with Crippen molar-refractivity contribution in [3.05, 3.63) is 59.1 Å². The summed E-state index contributed by atoms with van der Waals surface area (Å²) in [5, 5.41) is 5.91. The quantitative estimate of drug-likeness (QED) is 0.646. The average Bonchev–Trinajstić information content (AvgIpc) is 3.23. The summed E-state index contributed by atoms with van der Waals surface area (Å²) in [5.74, 6) is -0.542. The number of aryl methyl sites for hydroxylation is 1. The number of ether oxygens (including phenoxy) is 1. The summed E-state index contributed by atoms with van der Waals surface area (Å²) in [7, 11) is 1.35. The van der Waals surface area contributed by atoms with Crippen molar-refractivity contribution in [1.82, 2.24) is 9.88 Å². The second kappa shape index (κ2) is 8.19. The highest BCUT2D eigenvalue weighted by atomic mass is 32.1. The topological polar surface area (TPSA) is 60.3 Å². The van der Waals surface area contributed by atoms with Gasteiger partial charge < -0.3 is 14.6 Å². The van der Waals surface area contributed by atoms with Crippen molar-refractivity contribution in [3.8, 4) is 0 Å². The second-order valence-electron chi connectivity index (χ2n) is 6.28. The SMILES string of the molecule is COC(=O)c1cc2ccsc2n1CC(=O)N[C@@H](C)CCc1ccccc1. The van der Waals surface area contributed by atoms with Gasteiger partial charge in [0.15, 0.2) is 0 Å². The lowest BCUT2D eigenvalue weighted by Crippen LogP contribution is -2.35. The summed E-state index contributed by atoms with van der Waals surface area (Å²) in [6, 6.07) is 14.0. The number of esters is 1. The first-order valence-electron chi connectivity index (χ1n) is 8.57. The molecule has 1 atom stereocenters. The minimum absolute atomic E-state index is 0.0543. The van der Waals surface area contributed by atoms with Gasteiger partial charge in [0.2, 0.25) is 5.91 Å². The molecular formula is C20H22N2O3S. The molecule has 3 aromatic rings. The molecule has 0 aliphatic rings. The standard InChI is InChI=1S/C20H22N2O3S/c1-14(8-9-15-6-4-3-5-7-15)21-18(23)13-22-17(20(24)25-2)12-16-10-11-26-19(16)22/h3-7,10-12,14H,8-9,13H2,1-2H3,(H,21,23)/t14-/m0/s1. The highest BCUT2D eigenvalue weighted by molar-refractivity contribution is 7.16. The fourth-order valence-corrected chi connectivity index (χ4v) is 3.87. The average molecular weight is 370 g/mol. The van der Waals surface area contributed by atoms with Gasteiger partial charge in [-0.2, -0.15) is 0 Å². The van der Waals surface area contributed by atoms with Crippen molar-refractivity contribution >= 4 is 33.4 Å². The molecule has 136 valence electrons. The van der Waals surface area contributed by atoms with Crippen LogP contribution < -0.4 is 5.32 Å². The number of thiophene rings is 1. The molecule has 0 saturated carbocycles. The lowest BCUT2D eigenvalue weighted by molar-refractivity contribution is -0.122. The van der Waals surface area contributed by atoms with Gasteiger partial charge in [-0.15, -0.1) is 11.3 Å². The summed E-state index contributed by atoms with van der Waals surface area (Å²) in [6.07, 6.45) is 1.77. The fourth-order valence-electron chi connectivity index (χ4n) is 2.97. The molecule has 0 saturated heterocycles. The Bertz CT molecular complexity index is 898. The molecule has 0 bridgehead atoms. The Morgan fingerprint density at radius 3 is 2.73 bits per heavy atom. The van der Waals surface area contributed by atoms with Crippen LogP contribution in [0.4, 0.5) is 0 Å². The van der Waals surface area contributed by atoms with Gasteiger partial charge >= 0.3 is 5.97 Å². The lowest BCUT2D eigenvalue weighted by atomic mass is 10.1. The van der Waals surface area contributed by atoms with E-state index in [-0.39, 0.29) is 18.5 Å². The number of amides is 1. The van der Waals surface area contributed by atoms with Gasteiger partial charge in [-0.25, -0.2) is 4.79 Å². The minimum Gasteiger partial charge on any atom is -0.464 e. The Labute approximate surface area is 156 Å². The predicted octanol–water partition coefficient (Wildman–Crippen LogP) is 3.63. The van der Waals surface area contributed by atoms with Crippen molar-refractivity contribution in [3.63, 3.8) is 0 Å². The number of fused-ring (bicyclic) bond motifs is 1. The van der Waals surface area contributed by atoms with E-state index in [1.54, 1.807) is 10.6 Å². The first kappa shape index (κ1) is 18.2. The third-order valence-electron chi connectivity index (χ3n) is 4.31. The predicted molar refractivity (Wildman–Crippen MR) is 104 cm³/mol. The van der Waals surface area contributed by atoms with Gasteiger partial charge in [-0.05, 0) is 42.8 Å². The van der Waals surface area contributed by atoms with Crippen LogP contribution in [-0.4, -0.2) is 29.6 Å². The van der Waals surface area contributed by atoms with Gasteiger partial charge in [0.1, 0.15) is 17.1 Å². The molecule has 1 N–H and O–H groups in total. The maximum absolute atomic E-state index is 12.5. The molecule has 26 heavy (non-hydrogen) atoms. The zero-order valence-electron chi connectivity index (χ0n) is 14.9. The molecular weight excluding hydrogens is 348 g/mol. The van der Waals surface area contributed by atoms with Gasteiger partial charge in [-0.1, -0.05) is 30.3 Å². The monoisotopic (exact) mass is 370 g/mol. The molecule has 0 aliphatic carbocycles. The van der Waals surface area contributed by atoms with Crippen LogP contribution >= 0.6 is 11.3 Å². The van der Waals surface area contributed by atoms with E-state index in [1.807, 2.05) is 36.6 Å². The third kappa shape index (κ3) is 4.14. The van der Waals surface area contributed by atoms with E-state index < -0.39 is 5.97 Å². The summed E-state index contributed by atoms with van der Waals surface area (Å²) < 4.78 is 6.57. The summed E-state index contributed by atoms with van der Waals surface area (Å²) >= 11 is 1.51. The number of nitrogens with one attached hydrogen (secondary N) is 1. The van der Waals surface area contributed by atoms with Crippen LogP contribution in [0.25, 0.3) is 10.2 Å². The van der Waals surface area contributed by atoms with Gasteiger partial charge in [0.05, 0.1) is 7.11 Å². The Morgan fingerprint density at radius 1 is 1.23 bits per heavy atom. The molecule has 2 heterocycles. The van der Waals surface area contributed by atoms with E-state index in [2.05, 4.69) is 17.4 Å². The number of nitrogens with zero attached hydrogens (tertiary/aromatic N) is 1. The Kier molecular flexibility index (Phi) is 5.73. The second-order valence-corrected chi connectivity index (χ2v) is 7.18. The molecule has 0 radical (unpaired) electrons. The molecule has 6 heteroatoms.